The fourth-order valence-electron chi connectivity index (χ4n) is 6.09. The van der Waals surface area contributed by atoms with Gasteiger partial charge in [0.25, 0.3) is 0 Å². The number of benzene rings is 5. The highest BCUT2D eigenvalue weighted by Crippen LogP contribution is 2.54. The van der Waals surface area contributed by atoms with E-state index in [1.807, 2.05) is 12.1 Å². The first-order chi connectivity index (χ1) is 18.6. The Balaban J connectivity index is 1.65. The molecule has 192 valence electrons. The molecule has 0 spiro atoms. The lowest BCUT2D eigenvalue weighted by molar-refractivity contribution is 0.590. The molecular formula is C37H34N2. The molecule has 0 amide bonds. The maximum Gasteiger partial charge on any atom is 0.0991 e. The van der Waals surface area contributed by atoms with Crippen LogP contribution in [0.15, 0.2) is 97.1 Å². The van der Waals surface area contributed by atoms with Crippen molar-refractivity contribution in [2.75, 3.05) is 4.90 Å². The summed E-state index contributed by atoms with van der Waals surface area (Å²) in [6.07, 6.45) is 0. The van der Waals surface area contributed by atoms with E-state index in [2.05, 4.69) is 137 Å². The first kappa shape index (κ1) is 25.0. The second kappa shape index (κ2) is 8.85. The van der Waals surface area contributed by atoms with Crippen LogP contribution in [0.1, 0.15) is 62.4 Å². The largest absolute Gasteiger partial charge is 0.310 e. The van der Waals surface area contributed by atoms with Gasteiger partial charge in [-0.3, -0.25) is 0 Å². The molecule has 0 heterocycles. The minimum Gasteiger partial charge on any atom is -0.310 e. The Morgan fingerprint density at radius 3 is 1.95 bits per heavy atom. The molecule has 0 bridgehead atoms. The lowest BCUT2D eigenvalue weighted by atomic mass is 9.81. The zero-order valence-electron chi connectivity index (χ0n) is 23.6. The average molecular weight is 507 g/mol. The van der Waals surface area contributed by atoms with Crippen LogP contribution in [0.3, 0.4) is 0 Å². The molecule has 1 aliphatic rings. The Kier molecular flexibility index (Phi) is 5.67. The van der Waals surface area contributed by atoms with Crippen molar-refractivity contribution in [1.82, 2.24) is 0 Å². The van der Waals surface area contributed by atoms with Gasteiger partial charge in [-0.2, -0.15) is 5.26 Å². The molecule has 0 atom stereocenters. The predicted molar refractivity (Wildman–Crippen MR) is 164 cm³/mol. The molecule has 0 fully saturated rings. The zero-order chi connectivity index (χ0) is 27.5. The highest BCUT2D eigenvalue weighted by Gasteiger charge is 2.37. The van der Waals surface area contributed by atoms with E-state index in [4.69, 9.17) is 0 Å². The van der Waals surface area contributed by atoms with Gasteiger partial charge in [0.1, 0.15) is 0 Å². The number of hydrogen-bond acceptors (Lipinski definition) is 2. The number of aryl methyl sites for hydroxylation is 1. The molecule has 6 rings (SSSR count). The van der Waals surface area contributed by atoms with E-state index in [9.17, 15) is 5.26 Å². The molecule has 5 aromatic rings. The van der Waals surface area contributed by atoms with Gasteiger partial charge in [-0.05, 0) is 88.0 Å². The van der Waals surface area contributed by atoms with Crippen LogP contribution in [0, 0.1) is 18.3 Å². The van der Waals surface area contributed by atoms with Crippen molar-refractivity contribution < 1.29 is 0 Å². The summed E-state index contributed by atoms with van der Waals surface area (Å²) in [5, 5.41) is 11.9. The first-order valence-corrected chi connectivity index (χ1v) is 13.7. The summed E-state index contributed by atoms with van der Waals surface area (Å²) in [6.45, 7) is 13.6. The van der Waals surface area contributed by atoms with Crippen LogP contribution in [0.4, 0.5) is 17.1 Å². The van der Waals surface area contributed by atoms with Crippen LogP contribution in [-0.2, 0) is 10.8 Å². The fraction of sp³-hybridized carbons (Fsp3) is 0.216. The molecule has 0 radical (unpaired) electrons. The third-order valence-electron chi connectivity index (χ3n) is 8.30. The van der Waals surface area contributed by atoms with Gasteiger partial charge >= 0.3 is 0 Å². The van der Waals surface area contributed by atoms with Gasteiger partial charge in [-0.15, -0.1) is 0 Å². The molecular weight excluding hydrogens is 472 g/mol. The van der Waals surface area contributed by atoms with Gasteiger partial charge in [0.05, 0.1) is 17.3 Å². The Bertz CT molecular complexity index is 1760. The van der Waals surface area contributed by atoms with Crippen LogP contribution >= 0.6 is 0 Å². The number of fused-ring (bicyclic) bond motifs is 5. The van der Waals surface area contributed by atoms with E-state index in [1.165, 1.54) is 44.2 Å². The summed E-state index contributed by atoms with van der Waals surface area (Å²) in [6, 6.07) is 37.2. The number of nitriles is 1. The molecule has 0 N–H and O–H groups in total. The standard InChI is InChI=1S/C37H34N2/c1-24-11-20-31-32(21-24)37(5,6)33-22-34(29-9-7-8-10-30(29)35(31)33)39(27-16-12-25(23-38)13-17-27)28-18-14-26(15-19-28)36(2,3)4/h7-22H,1-6H3. The first-order valence-electron chi connectivity index (χ1n) is 13.7. The summed E-state index contributed by atoms with van der Waals surface area (Å²) >= 11 is 0. The van der Waals surface area contributed by atoms with Crippen LogP contribution in [0.5, 0.6) is 0 Å². The fourth-order valence-corrected chi connectivity index (χ4v) is 6.09. The van der Waals surface area contributed by atoms with Gasteiger partial charge in [-0.25, -0.2) is 0 Å². The van der Waals surface area contributed by atoms with Crippen molar-refractivity contribution in [3.63, 3.8) is 0 Å². The van der Waals surface area contributed by atoms with E-state index in [1.54, 1.807) is 0 Å². The highest BCUT2D eigenvalue weighted by atomic mass is 15.1. The number of rotatable bonds is 3. The van der Waals surface area contributed by atoms with E-state index >= 15 is 0 Å². The van der Waals surface area contributed by atoms with E-state index < -0.39 is 0 Å². The zero-order valence-corrected chi connectivity index (χ0v) is 23.6. The topological polar surface area (TPSA) is 27.0 Å². The Hall–Kier alpha value is -4.35. The lowest BCUT2D eigenvalue weighted by Gasteiger charge is -2.30. The molecule has 2 nitrogen and oxygen atoms in total. The normalized spacial score (nSPS) is 13.6. The highest BCUT2D eigenvalue weighted by molar-refractivity contribution is 6.10. The molecule has 0 saturated heterocycles. The molecule has 5 aromatic carbocycles. The second-order valence-electron chi connectivity index (χ2n) is 12.3. The van der Waals surface area contributed by atoms with Crippen LogP contribution < -0.4 is 4.90 Å². The van der Waals surface area contributed by atoms with Gasteiger partial charge in [0.15, 0.2) is 0 Å². The molecule has 1 aliphatic carbocycles. The van der Waals surface area contributed by atoms with Crippen molar-refractivity contribution in [2.45, 2.75) is 52.4 Å². The lowest BCUT2D eigenvalue weighted by Crippen LogP contribution is -2.17. The number of hydrogen-bond donors (Lipinski definition) is 0. The minimum atomic E-state index is -0.123. The number of anilines is 3. The second-order valence-corrected chi connectivity index (χ2v) is 12.3. The Labute approximate surface area is 232 Å². The maximum atomic E-state index is 9.45. The molecule has 0 aliphatic heterocycles. The van der Waals surface area contributed by atoms with Gasteiger partial charge in [-0.1, -0.05) is 94.8 Å². The van der Waals surface area contributed by atoms with E-state index in [0.29, 0.717) is 5.56 Å². The minimum absolute atomic E-state index is 0.0754. The Morgan fingerprint density at radius 1 is 0.718 bits per heavy atom. The molecule has 0 aromatic heterocycles. The van der Waals surface area contributed by atoms with Crippen molar-refractivity contribution >= 4 is 27.8 Å². The summed E-state index contributed by atoms with van der Waals surface area (Å²) in [7, 11) is 0. The quantitative estimate of drug-likeness (QED) is 0.243. The summed E-state index contributed by atoms with van der Waals surface area (Å²) < 4.78 is 0. The smallest absolute Gasteiger partial charge is 0.0991 e. The van der Waals surface area contributed by atoms with Crippen LogP contribution in [-0.4, -0.2) is 0 Å². The number of nitrogens with zero attached hydrogens (tertiary/aromatic N) is 2. The summed E-state index contributed by atoms with van der Waals surface area (Å²) in [4.78, 5) is 2.35. The molecule has 2 heteroatoms. The van der Waals surface area contributed by atoms with E-state index in [0.717, 1.165) is 17.1 Å². The Morgan fingerprint density at radius 2 is 1.33 bits per heavy atom. The third-order valence-corrected chi connectivity index (χ3v) is 8.30. The van der Waals surface area contributed by atoms with Gasteiger partial charge in [0.2, 0.25) is 0 Å². The van der Waals surface area contributed by atoms with Crippen molar-refractivity contribution in [3.8, 4) is 17.2 Å². The SMILES string of the molecule is Cc1ccc2c(c1)C(C)(C)c1cc(N(c3ccc(C#N)cc3)c3ccc(C(C)(C)C)cc3)c3ccccc3c1-2. The van der Waals surface area contributed by atoms with Crippen molar-refractivity contribution in [3.05, 3.63) is 125 Å². The van der Waals surface area contributed by atoms with Crippen molar-refractivity contribution in [1.29, 1.82) is 5.26 Å². The monoisotopic (exact) mass is 506 g/mol. The van der Waals surface area contributed by atoms with Gasteiger partial charge < -0.3 is 4.90 Å². The van der Waals surface area contributed by atoms with Crippen LogP contribution in [0.25, 0.3) is 21.9 Å². The van der Waals surface area contributed by atoms with Gasteiger partial charge in [0, 0.05) is 22.2 Å². The average Bonchev–Trinajstić information content (AvgIpc) is 3.15. The van der Waals surface area contributed by atoms with Crippen molar-refractivity contribution in [2.24, 2.45) is 0 Å². The summed E-state index contributed by atoms with van der Waals surface area (Å²) in [5.74, 6) is 0. The molecule has 39 heavy (non-hydrogen) atoms. The molecule has 0 saturated carbocycles. The predicted octanol–water partition coefficient (Wildman–Crippen LogP) is 10.1. The van der Waals surface area contributed by atoms with Crippen LogP contribution in [0.2, 0.25) is 0 Å². The summed E-state index contributed by atoms with van der Waals surface area (Å²) in [5.41, 5.74) is 11.9. The third kappa shape index (κ3) is 4.01. The molecule has 0 unspecified atom stereocenters. The maximum absolute atomic E-state index is 9.45. The van der Waals surface area contributed by atoms with E-state index in [-0.39, 0.29) is 10.8 Å².